The summed E-state index contributed by atoms with van der Waals surface area (Å²) in [5.41, 5.74) is 10.5. The van der Waals surface area contributed by atoms with Gasteiger partial charge in [0.2, 0.25) is 0 Å². The number of benzene rings is 5. The molecule has 0 radical (unpaired) electrons. The molecule has 52 heavy (non-hydrogen) atoms. The van der Waals surface area contributed by atoms with Crippen molar-refractivity contribution in [2.24, 2.45) is 0 Å². The number of nitrogens with zero attached hydrogens (tertiary/aromatic N) is 6. The molecule has 5 aromatic carbocycles. The molecule has 0 atom stereocenters. The Bertz CT molecular complexity index is 2530. The van der Waals surface area contributed by atoms with E-state index in [1.54, 1.807) is 12.4 Å². The van der Waals surface area contributed by atoms with Gasteiger partial charge in [-0.15, -0.1) is 0 Å². The van der Waals surface area contributed by atoms with Gasteiger partial charge in [-0.25, -0.2) is 19.9 Å². The Hall–Kier alpha value is -7.18. The third kappa shape index (κ3) is 6.32. The van der Waals surface area contributed by atoms with Crippen molar-refractivity contribution < 1.29 is 0 Å². The molecule has 0 aliphatic heterocycles. The van der Waals surface area contributed by atoms with Gasteiger partial charge >= 0.3 is 0 Å². The third-order valence-electron chi connectivity index (χ3n) is 9.03. The molecule has 0 aliphatic rings. The summed E-state index contributed by atoms with van der Waals surface area (Å²) in [6, 6.07) is 57.7. The molecule has 4 aromatic heterocycles. The summed E-state index contributed by atoms with van der Waals surface area (Å²) in [4.78, 5) is 28.7. The molecule has 244 valence electrons. The van der Waals surface area contributed by atoms with E-state index in [9.17, 15) is 0 Å². The molecule has 0 N–H and O–H groups in total. The number of rotatable bonds is 7. The zero-order valence-corrected chi connectivity index (χ0v) is 28.0. The van der Waals surface area contributed by atoms with E-state index < -0.39 is 0 Å². The average molecular weight is 667 g/mol. The van der Waals surface area contributed by atoms with Crippen LogP contribution in [0.15, 0.2) is 182 Å². The van der Waals surface area contributed by atoms with E-state index in [2.05, 4.69) is 82.8 Å². The van der Waals surface area contributed by atoms with Gasteiger partial charge in [0.15, 0.2) is 17.5 Å². The maximum atomic E-state index is 4.92. The van der Waals surface area contributed by atoms with E-state index in [4.69, 9.17) is 19.9 Å². The van der Waals surface area contributed by atoms with Crippen LogP contribution in [0.3, 0.4) is 0 Å². The van der Waals surface area contributed by atoms with E-state index in [1.165, 1.54) is 0 Å². The van der Waals surface area contributed by atoms with Gasteiger partial charge in [-0.3, -0.25) is 9.97 Å². The van der Waals surface area contributed by atoms with Crippen LogP contribution < -0.4 is 0 Å². The Morgan fingerprint density at radius 1 is 0.250 bits per heavy atom. The monoisotopic (exact) mass is 666 g/mol. The van der Waals surface area contributed by atoms with Gasteiger partial charge in [-0.2, -0.15) is 0 Å². The third-order valence-corrected chi connectivity index (χ3v) is 9.03. The lowest BCUT2D eigenvalue weighted by atomic mass is 9.97. The summed E-state index contributed by atoms with van der Waals surface area (Å²) in [6.45, 7) is 0. The molecule has 6 heteroatoms. The molecule has 0 bridgehead atoms. The van der Waals surface area contributed by atoms with Crippen LogP contribution in [-0.2, 0) is 0 Å². The normalized spacial score (nSPS) is 11.1. The zero-order valence-electron chi connectivity index (χ0n) is 28.0. The molecular weight excluding hydrogens is 637 g/mol. The smallest absolute Gasteiger partial charge is 0.164 e. The van der Waals surface area contributed by atoms with Crippen LogP contribution in [0.2, 0.25) is 0 Å². The topological polar surface area (TPSA) is 77.3 Å². The first-order chi connectivity index (χ1) is 25.7. The Balaban J connectivity index is 1.04. The number of aromatic nitrogens is 6. The molecule has 9 rings (SSSR count). The quantitative estimate of drug-likeness (QED) is 0.168. The number of pyridine rings is 3. The lowest BCUT2D eigenvalue weighted by Crippen LogP contribution is -2.00. The van der Waals surface area contributed by atoms with Crippen LogP contribution in [0, 0.1) is 0 Å². The summed E-state index contributed by atoms with van der Waals surface area (Å²) in [6.07, 6.45) is 3.58. The van der Waals surface area contributed by atoms with Gasteiger partial charge in [0, 0.05) is 29.1 Å². The second-order valence-corrected chi connectivity index (χ2v) is 12.4. The fourth-order valence-electron chi connectivity index (χ4n) is 6.35. The van der Waals surface area contributed by atoms with Crippen molar-refractivity contribution in [1.29, 1.82) is 0 Å². The highest BCUT2D eigenvalue weighted by molar-refractivity contribution is 5.90. The van der Waals surface area contributed by atoms with Crippen LogP contribution in [0.1, 0.15) is 0 Å². The van der Waals surface area contributed by atoms with E-state index in [0.717, 1.165) is 72.5 Å². The molecule has 4 heterocycles. The van der Waals surface area contributed by atoms with Crippen LogP contribution in [0.25, 0.3) is 90.0 Å². The fourth-order valence-corrected chi connectivity index (χ4v) is 6.35. The molecule has 6 nitrogen and oxygen atoms in total. The predicted octanol–water partition coefficient (Wildman–Crippen LogP) is 10.9. The molecule has 0 spiro atoms. The molecular formula is C46H30N6. The highest BCUT2D eigenvalue weighted by Crippen LogP contribution is 2.33. The highest BCUT2D eigenvalue weighted by Gasteiger charge is 2.14. The van der Waals surface area contributed by atoms with Crippen molar-refractivity contribution in [3.8, 4) is 79.2 Å². The van der Waals surface area contributed by atoms with Gasteiger partial charge in [0.25, 0.3) is 0 Å². The zero-order chi connectivity index (χ0) is 34.7. The molecule has 0 amide bonds. The molecule has 0 saturated carbocycles. The van der Waals surface area contributed by atoms with Gasteiger partial charge in [0.1, 0.15) is 0 Å². The Morgan fingerprint density at radius 2 is 0.673 bits per heavy atom. The predicted molar refractivity (Wildman–Crippen MR) is 209 cm³/mol. The van der Waals surface area contributed by atoms with Crippen LogP contribution >= 0.6 is 0 Å². The highest BCUT2D eigenvalue weighted by atomic mass is 15.0. The number of fused-ring (bicyclic) bond motifs is 1. The SMILES string of the molecule is c1ccc(-c2nc(-c3ccccc3)nc(-c3ccc4cc(-c5ccc(-c6cc(-c7ccccn7)nc(-c7ccccn7)c6)cc5)ccc4c3)n2)cc1. The molecule has 0 saturated heterocycles. The summed E-state index contributed by atoms with van der Waals surface area (Å²) in [5.74, 6) is 1.94. The summed E-state index contributed by atoms with van der Waals surface area (Å²) >= 11 is 0. The Morgan fingerprint density at radius 3 is 1.17 bits per heavy atom. The minimum Gasteiger partial charge on any atom is -0.255 e. The summed E-state index contributed by atoms with van der Waals surface area (Å²) in [7, 11) is 0. The van der Waals surface area contributed by atoms with Gasteiger partial charge in [-0.05, 0) is 81.6 Å². The van der Waals surface area contributed by atoms with Crippen LogP contribution in [0.5, 0.6) is 0 Å². The summed E-state index contributed by atoms with van der Waals surface area (Å²) < 4.78 is 0. The van der Waals surface area contributed by atoms with Gasteiger partial charge in [-0.1, -0.05) is 121 Å². The van der Waals surface area contributed by atoms with Crippen molar-refractivity contribution in [3.63, 3.8) is 0 Å². The fraction of sp³-hybridized carbons (Fsp3) is 0. The minimum atomic E-state index is 0.641. The molecule has 9 aromatic rings. The van der Waals surface area contributed by atoms with E-state index in [1.807, 2.05) is 97.1 Å². The minimum absolute atomic E-state index is 0.641. The molecule has 0 fully saturated rings. The van der Waals surface area contributed by atoms with Crippen molar-refractivity contribution in [2.45, 2.75) is 0 Å². The van der Waals surface area contributed by atoms with Gasteiger partial charge < -0.3 is 0 Å². The first-order valence-corrected chi connectivity index (χ1v) is 17.1. The Labute approximate surface area is 301 Å². The van der Waals surface area contributed by atoms with E-state index >= 15 is 0 Å². The maximum Gasteiger partial charge on any atom is 0.164 e. The van der Waals surface area contributed by atoms with Crippen molar-refractivity contribution >= 4 is 10.8 Å². The average Bonchev–Trinajstić information content (AvgIpc) is 3.24. The van der Waals surface area contributed by atoms with E-state index in [-0.39, 0.29) is 0 Å². The molecule has 0 aliphatic carbocycles. The van der Waals surface area contributed by atoms with Crippen molar-refractivity contribution in [1.82, 2.24) is 29.9 Å². The first kappa shape index (κ1) is 30.8. The van der Waals surface area contributed by atoms with Crippen LogP contribution in [-0.4, -0.2) is 29.9 Å². The Kier molecular flexibility index (Phi) is 8.08. The molecule has 0 unspecified atom stereocenters. The maximum absolute atomic E-state index is 4.92. The lowest BCUT2D eigenvalue weighted by molar-refractivity contribution is 1.07. The standard InChI is InChI=1S/C46H30N6/c1-3-11-33(12-4-1)44-50-45(34-13-5-2-6-14-34)52-46(51-44)38-24-23-36-27-35(21-22-37(36)28-38)31-17-19-32(20-18-31)39-29-42(40-15-7-9-25-47-40)49-43(30-39)41-16-8-10-26-48-41/h1-30H. The second kappa shape index (κ2) is 13.6. The lowest BCUT2D eigenvalue weighted by Gasteiger charge is -2.11. The van der Waals surface area contributed by atoms with Crippen LogP contribution in [0.4, 0.5) is 0 Å². The van der Waals surface area contributed by atoms with Crippen molar-refractivity contribution in [3.05, 3.63) is 182 Å². The first-order valence-electron chi connectivity index (χ1n) is 17.1. The van der Waals surface area contributed by atoms with Gasteiger partial charge in [0.05, 0.1) is 22.8 Å². The largest absolute Gasteiger partial charge is 0.255 e. The second-order valence-electron chi connectivity index (χ2n) is 12.4. The summed E-state index contributed by atoms with van der Waals surface area (Å²) in [5, 5.41) is 2.25. The van der Waals surface area contributed by atoms with E-state index in [0.29, 0.717) is 17.5 Å². The number of hydrogen-bond acceptors (Lipinski definition) is 6. The number of hydrogen-bond donors (Lipinski definition) is 0. The van der Waals surface area contributed by atoms with Crippen molar-refractivity contribution in [2.75, 3.05) is 0 Å².